The number of carboxylic acids is 1. The third kappa shape index (κ3) is 4.28. The predicted molar refractivity (Wildman–Crippen MR) is 130 cm³/mol. The number of carboxylic acid groups (broad SMARTS) is 1. The van der Waals surface area contributed by atoms with Gasteiger partial charge in [-0.3, -0.25) is 9.69 Å². The van der Waals surface area contributed by atoms with E-state index in [2.05, 4.69) is 15.8 Å². The third-order valence-electron chi connectivity index (χ3n) is 7.58. The summed E-state index contributed by atoms with van der Waals surface area (Å²) in [7, 11) is 1.41. The van der Waals surface area contributed by atoms with E-state index in [1.54, 1.807) is 4.90 Å². The summed E-state index contributed by atoms with van der Waals surface area (Å²) in [6.45, 7) is 3.94. The minimum atomic E-state index is -0.703. The molecule has 3 heterocycles. The molecule has 1 fully saturated rings. The molecular formula is C26H32N4O5. The number of aromatic nitrogens is 3. The van der Waals surface area contributed by atoms with Crippen LogP contribution >= 0.6 is 0 Å². The van der Waals surface area contributed by atoms with Crippen molar-refractivity contribution in [3.63, 3.8) is 0 Å². The van der Waals surface area contributed by atoms with Crippen LogP contribution in [0.2, 0.25) is 0 Å². The molecule has 1 aliphatic carbocycles. The van der Waals surface area contributed by atoms with Crippen molar-refractivity contribution in [2.75, 3.05) is 12.0 Å². The van der Waals surface area contributed by atoms with Crippen molar-refractivity contribution in [2.24, 2.45) is 5.92 Å². The molecule has 0 spiro atoms. The van der Waals surface area contributed by atoms with E-state index in [9.17, 15) is 14.7 Å². The summed E-state index contributed by atoms with van der Waals surface area (Å²) < 4.78 is 12.8. The maximum atomic E-state index is 12.6. The zero-order valence-corrected chi connectivity index (χ0v) is 20.5. The second-order valence-electron chi connectivity index (χ2n) is 9.84. The van der Waals surface area contributed by atoms with Gasteiger partial charge in [-0.25, -0.2) is 9.78 Å². The molecule has 5 rings (SSSR count). The van der Waals surface area contributed by atoms with Crippen molar-refractivity contribution in [2.45, 2.75) is 77.3 Å². The predicted octanol–water partition coefficient (Wildman–Crippen LogP) is 4.84. The summed E-state index contributed by atoms with van der Waals surface area (Å²) in [4.78, 5) is 30.9. The summed E-state index contributed by atoms with van der Waals surface area (Å²) in [5.74, 6) is 0.809. The highest BCUT2D eigenvalue weighted by Gasteiger charge is 2.33. The first-order valence-corrected chi connectivity index (χ1v) is 12.4. The Bertz CT molecular complexity index is 1250. The SMILES string of the molecule is COC(=O)N1c2ccc3c(nc(CCc4cc(C)no4)n3C3CCC(C(=O)O)CC3)c2CC[C@@H]1C. The number of carbonyl (C=O) groups is 2. The van der Waals surface area contributed by atoms with Crippen molar-refractivity contribution < 1.29 is 24.0 Å². The van der Waals surface area contributed by atoms with Crippen LogP contribution in [0.15, 0.2) is 22.7 Å². The minimum absolute atomic E-state index is 0.0509. The van der Waals surface area contributed by atoms with Gasteiger partial charge in [-0.15, -0.1) is 0 Å². The average Bonchev–Trinajstić information content (AvgIpc) is 3.45. The van der Waals surface area contributed by atoms with E-state index >= 15 is 0 Å². The van der Waals surface area contributed by atoms with Gasteiger partial charge in [0.2, 0.25) is 0 Å². The van der Waals surface area contributed by atoms with Crippen LogP contribution in [-0.2, 0) is 28.8 Å². The van der Waals surface area contributed by atoms with Gasteiger partial charge >= 0.3 is 12.1 Å². The number of nitrogens with zero attached hydrogens (tertiary/aromatic N) is 4. The number of rotatable bonds is 5. The van der Waals surface area contributed by atoms with Crippen molar-refractivity contribution in [1.29, 1.82) is 0 Å². The van der Waals surface area contributed by atoms with Gasteiger partial charge in [-0.2, -0.15) is 0 Å². The lowest BCUT2D eigenvalue weighted by Crippen LogP contribution is -2.42. The van der Waals surface area contributed by atoms with Gasteiger partial charge in [0.1, 0.15) is 11.6 Å². The number of methoxy groups -OCH3 is 1. The Hall–Kier alpha value is -3.36. The molecule has 0 bridgehead atoms. The van der Waals surface area contributed by atoms with E-state index < -0.39 is 5.97 Å². The first-order chi connectivity index (χ1) is 16.9. The molecule has 0 unspecified atom stereocenters. The lowest BCUT2D eigenvalue weighted by molar-refractivity contribution is -0.143. The molecule has 1 aliphatic heterocycles. The second-order valence-corrected chi connectivity index (χ2v) is 9.84. The zero-order chi connectivity index (χ0) is 24.7. The molecular weight excluding hydrogens is 448 g/mol. The number of amides is 1. The number of aliphatic carboxylic acids is 1. The Morgan fingerprint density at radius 1 is 1.17 bits per heavy atom. The molecule has 186 valence electrons. The fourth-order valence-electron chi connectivity index (χ4n) is 5.76. The average molecular weight is 481 g/mol. The number of benzene rings is 1. The summed E-state index contributed by atoms with van der Waals surface area (Å²) in [6, 6.07) is 6.26. The van der Waals surface area contributed by atoms with E-state index in [1.807, 2.05) is 26.0 Å². The van der Waals surface area contributed by atoms with Gasteiger partial charge in [-0.05, 0) is 64.5 Å². The molecule has 1 aromatic carbocycles. The molecule has 1 N–H and O–H groups in total. The standard InChI is InChI=1S/C26H32N4O5/c1-15-14-19(35-28-15)9-13-23-27-24-20-10-4-16(2)29(26(33)34-3)21(20)11-12-22(24)30(23)18-7-5-17(6-8-18)25(31)32/h11-12,14,16-18H,4-10,13H2,1-3H3,(H,31,32)/t16-,17?,18?/m0/s1. The summed E-state index contributed by atoms with van der Waals surface area (Å²) in [5.41, 5.74) is 4.75. The topological polar surface area (TPSA) is 111 Å². The van der Waals surface area contributed by atoms with Crippen LogP contribution < -0.4 is 4.90 Å². The molecule has 9 nitrogen and oxygen atoms in total. The Labute approximate surface area is 204 Å². The monoisotopic (exact) mass is 480 g/mol. The molecule has 2 aliphatic rings. The minimum Gasteiger partial charge on any atom is -0.481 e. The number of hydrogen-bond acceptors (Lipinski definition) is 6. The fourth-order valence-corrected chi connectivity index (χ4v) is 5.76. The second kappa shape index (κ2) is 9.36. The quantitative estimate of drug-likeness (QED) is 0.556. The maximum absolute atomic E-state index is 12.6. The van der Waals surface area contributed by atoms with Gasteiger partial charge in [0, 0.05) is 36.6 Å². The highest BCUT2D eigenvalue weighted by atomic mass is 16.5. The molecule has 1 amide bonds. The number of anilines is 1. The van der Waals surface area contributed by atoms with E-state index in [1.165, 1.54) is 7.11 Å². The smallest absolute Gasteiger partial charge is 0.414 e. The van der Waals surface area contributed by atoms with Gasteiger partial charge < -0.3 is 18.9 Å². The van der Waals surface area contributed by atoms with Crippen molar-refractivity contribution in [3.05, 3.63) is 41.0 Å². The lowest BCUT2D eigenvalue weighted by Gasteiger charge is -2.34. The lowest BCUT2D eigenvalue weighted by atomic mass is 9.85. The van der Waals surface area contributed by atoms with Crippen LogP contribution in [0.4, 0.5) is 10.5 Å². The Morgan fingerprint density at radius 3 is 2.60 bits per heavy atom. The van der Waals surface area contributed by atoms with Crippen molar-refractivity contribution >= 4 is 28.8 Å². The van der Waals surface area contributed by atoms with Crippen LogP contribution in [0.5, 0.6) is 0 Å². The summed E-state index contributed by atoms with van der Waals surface area (Å²) in [5, 5.41) is 13.5. The molecule has 3 aromatic rings. The summed E-state index contributed by atoms with van der Waals surface area (Å²) >= 11 is 0. The normalized spacial score (nSPS) is 22.3. The first kappa shape index (κ1) is 23.4. The highest BCUT2D eigenvalue weighted by Crippen LogP contribution is 2.40. The van der Waals surface area contributed by atoms with Crippen LogP contribution in [0.25, 0.3) is 11.0 Å². The van der Waals surface area contributed by atoms with Crippen molar-refractivity contribution in [1.82, 2.24) is 14.7 Å². The molecule has 1 atom stereocenters. The van der Waals surface area contributed by atoms with Gasteiger partial charge in [-0.1, -0.05) is 5.16 Å². The van der Waals surface area contributed by atoms with E-state index in [4.69, 9.17) is 14.2 Å². The summed E-state index contributed by atoms with van der Waals surface area (Å²) in [6.07, 6.45) is 5.63. The maximum Gasteiger partial charge on any atom is 0.414 e. The molecule has 9 heteroatoms. The van der Waals surface area contributed by atoms with E-state index in [-0.39, 0.29) is 24.1 Å². The molecule has 0 saturated heterocycles. The van der Waals surface area contributed by atoms with E-state index in [0.717, 1.165) is 65.2 Å². The third-order valence-corrected chi connectivity index (χ3v) is 7.58. The van der Waals surface area contributed by atoms with Crippen LogP contribution in [0, 0.1) is 12.8 Å². The van der Waals surface area contributed by atoms with Crippen LogP contribution in [0.1, 0.15) is 67.9 Å². The van der Waals surface area contributed by atoms with Crippen LogP contribution in [-0.4, -0.2) is 45.0 Å². The zero-order valence-electron chi connectivity index (χ0n) is 20.5. The molecule has 0 radical (unpaired) electrons. The van der Waals surface area contributed by atoms with Crippen molar-refractivity contribution in [3.8, 4) is 0 Å². The number of imidazole rings is 1. The molecule has 35 heavy (non-hydrogen) atoms. The molecule has 1 saturated carbocycles. The van der Waals surface area contributed by atoms with Gasteiger partial charge in [0.25, 0.3) is 0 Å². The Morgan fingerprint density at radius 2 is 1.94 bits per heavy atom. The van der Waals surface area contributed by atoms with Crippen LogP contribution in [0.3, 0.4) is 0 Å². The fraction of sp³-hybridized carbons (Fsp3) is 0.538. The number of aryl methyl sites for hydroxylation is 4. The number of ether oxygens (including phenoxy) is 1. The Balaban J connectivity index is 1.56. The Kier molecular flexibility index (Phi) is 6.25. The van der Waals surface area contributed by atoms with Gasteiger partial charge in [0.05, 0.1) is 35.4 Å². The largest absolute Gasteiger partial charge is 0.481 e. The van der Waals surface area contributed by atoms with E-state index in [0.29, 0.717) is 25.7 Å². The first-order valence-electron chi connectivity index (χ1n) is 12.4. The number of carbonyl (C=O) groups excluding carboxylic acids is 1. The molecule has 2 aromatic heterocycles. The highest BCUT2D eigenvalue weighted by molar-refractivity contribution is 5.95. The number of fused-ring (bicyclic) bond motifs is 3. The van der Waals surface area contributed by atoms with Gasteiger partial charge in [0.15, 0.2) is 0 Å². The number of hydrogen-bond donors (Lipinski definition) is 1.